The van der Waals surface area contributed by atoms with Crippen LogP contribution < -0.4 is 0 Å². The number of carbonyl (C=O) groups excluding carboxylic acids is 2. The maximum Gasteiger partial charge on any atom is 0.244 e. The lowest BCUT2D eigenvalue weighted by Gasteiger charge is -2.31. The molecule has 6 heteroatoms. The van der Waals surface area contributed by atoms with E-state index in [1.54, 1.807) is 36.4 Å². The van der Waals surface area contributed by atoms with Gasteiger partial charge in [0.25, 0.3) is 0 Å². The molecule has 0 N–H and O–H groups in total. The van der Waals surface area contributed by atoms with Crippen LogP contribution in [0.25, 0.3) is 0 Å². The van der Waals surface area contributed by atoms with Crippen molar-refractivity contribution >= 4 is 21.6 Å². The van der Waals surface area contributed by atoms with Crippen LogP contribution in [0.2, 0.25) is 0 Å². The van der Waals surface area contributed by atoms with Gasteiger partial charge in [-0.25, -0.2) is 8.42 Å². The standard InChI is InChI=1S/C17H15NO4S/c1-11-7-9-12(10-8-11)16(19)15-17(20)13-5-3-4-6-14(13)23(21,22)18(15)2/h3-10,15H,1-2H3. The number of hydrogen-bond acceptors (Lipinski definition) is 4. The van der Waals surface area contributed by atoms with Crippen molar-refractivity contribution in [3.05, 3.63) is 65.2 Å². The first-order valence-electron chi connectivity index (χ1n) is 7.06. The smallest absolute Gasteiger partial charge is 0.244 e. The fourth-order valence-corrected chi connectivity index (χ4v) is 4.14. The van der Waals surface area contributed by atoms with Crippen molar-refractivity contribution in [2.75, 3.05) is 7.05 Å². The molecule has 0 saturated carbocycles. The molecule has 0 amide bonds. The molecule has 5 nitrogen and oxygen atoms in total. The van der Waals surface area contributed by atoms with Crippen LogP contribution in [0.15, 0.2) is 53.4 Å². The number of benzene rings is 2. The molecule has 0 bridgehead atoms. The van der Waals surface area contributed by atoms with E-state index in [1.165, 1.54) is 19.2 Å². The Kier molecular flexibility index (Phi) is 3.66. The Morgan fingerprint density at radius 3 is 2.30 bits per heavy atom. The summed E-state index contributed by atoms with van der Waals surface area (Å²) in [7, 11) is -2.61. The first kappa shape index (κ1) is 15.6. The Morgan fingerprint density at radius 1 is 1.04 bits per heavy atom. The molecule has 0 spiro atoms. The molecular formula is C17H15NO4S. The number of likely N-dealkylation sites (N-methyl/N-ethyl adjacent to an activating group) is 1. The van der Waals surface area contributed by atoms with E-state index in [0.29, 0.717) is 5.56 Å². The summed E-state index contributed by atoms with van der Waals surface area (Å²) in [4.78, 5) is 25.3. The van der Waals surface area contributed by atoms with Crippen molar-refractivity contribution in [2.45, 2.75) is 17.9 Å². The molecule has 1 heterocycles. The highest BCUT2D eigenvalue weighted by molar-refractivity contribution is 7.89. The average molecular weight is 329 g/mol. The number of rotatable bonds is 2. The lowest BCUT2D eigenvalue weighted by Crippen LogP contribution is -2.51. The summed E-state index contributed by atoms with van der Waals surface area (Å²) in [6.45, 7) is 1.88. The van der Waals surface area contributed by atoms with Crippen LogP contribution in [-0.4, -0.2) is 37.4 Å². The monoisotopic (exact) mass is 329 g/mol. The number of fused-ring (bicyclic) bond motifs is 1. The Labute approximate surface area is 134 Å². The van der Waals surface area contributed by atoms with E-state index >= 15 is 0 Å². The number of carbonyl (C=O) groups is 2. The Bertz CT molecular complexity index is 900. The molecule has 1 aliphatic rings. The number of nitrogens with zero attached hydrogens (tertiary/aromatic N) is 1. The van der Waals surface area contributed by atoms with Crippen molar-refractivity contribution in [1.29, 1.82) is 0 Å². The van der Waals surface area contributed by atoms with Crippen molar-refractivity contribution in [2.24, 2.45) is 0 Å². The Morgan fingerprint density at radius 2 is 1.65 bits per heavy atom. The van der Waals surface area contributed by atoms with Crippen LogP contribution in [0.4, 0.5) is 0 Å². The number of ketones is 2. The van der Waals surface area contributed by atoms with E-state index in [0.717, 1.165) is 9.87 Å². The third-order valence-electron chi connectivity index (χ3n) is 4.01. The van der Waals surface area contributed by atoms with E-state index in [-0.39, 0.29) is 10.5 Å². The molecule has 2 aromatic carbocycles. The first-order chi connectivity index (χ1) is 10.8. The predicted molar refractivity (Wildman–Crippen MR) is 85.0 cm³/mol. The number of hydrogen-bond donors (Lipinski definition) is 0. The summed E-state index contributed by atoms with van der Waals surface area (Å²) < 4.78 is 26.0. The summed E-state index contributed by atoms with van der Waals surface area (Å²) >= 11 is 0. The number of aryl methyl sites for hydroxylation is 1. The van der Waals surface area contributed by atoms with Gasteiger partial charge in [-0.1, -0.05) is 42.0 Å². The Hall–Kier alpha value is -2.31. The van der Waals surface area contributed by atoms with Gasteiger partial charge in [0.2, 0.25) is 10.0 Å². The van der Waals surface area contributed by atoms with Gasteiger partial charge in [-0.15, -0.1) is 0 Å². The second-order valence-corrected chi connectivity index (χ2v) is 7.48. The molecule has 23 heavy (non-hydrogen) atoms. The lowest BCUT2D eigenvalue weighted by molar-refractivity contribution is 0.0784. The van der Waals surface area contributed by atoms with Crippen LogP contribution in [0.3, 0.4) is 0 Å². The lowest BCUT2D eigenvalue weighted by atomic mass is 9.95. The third-order valence-corrected chi connectivity index (χ3v) is 5.89. The molecule has 1 unspecified atom stereocenters. The summed E-state index contributed by atoms with van der Waals surface area (Å²) in [5.74, 6) is -1.01. The number of sulfonamides is 1. The second kappa shape index (κ2) is 5.40. The second-order valence-electron chi connectivity index (χ2n) is 5.51. The van der Waals surface area contributed by atoms with E-state index in [1.807, 2.05) is 6.92 Å². The summed E-state index contributed by atoms with van der Waals surface area (Å²) in [6, 6.07) is 11.3. The topological polar surface area (TPSA) is 71.5 Å². The maximum atomic E-state index is 12.7. The van der Waals surface area contributed by atoms with Gasteiger partial charge in [0.15, 0.2) is 17.6 Å². The molecular weight excluding hydrogens is 314 g/mol. The third kappa shape index (κ3) is 2.40. The summed E-state index contributed by atoms with van der Waals surface area (Å²) in [6.07, 6.45) is 0. The highest BCUT2D eigenvalue weighted by Crippen LogP contribution is 2.30. The van der Waals surface area contributed by atoms with Gasteiger partial charge in [-0.2, -0.15) is 4.31 Å². The van der Waals surface area contributed by atoms with Crippen LogP contribution >= 0.6 is 0 Å². The summed E-state index contributed by atoms with van der Waals surface area (Å²) in [5.41, 5.74) is 1.36. The van der Waals surface area contributed by atoms with Crippen molar-refractivity contribution < 1.29 is 18.0 Å². The molecule has 0 aromatic heterocycles. The normalized spacial score (nSPS) is 20.1. The summed E-state index contributed by atoms with van der Waals surface area (Å²) in [5, 5.41) is 0. The van der Waals surface area contributed by atoms with Gasteiger partial charge < -0.3 is 0 Å². The zero-order chi connectivity index (χ0) is 16.8. The van der Waals surface area contributed by atoms with Crippen molar-refractivity contribution in [3.63, 3.8) is 0 Å². The van der Waals surface area contributed by atoms with E-state index in [4.69, 9.17) is 0 Å². The Balaban J connectivity index is 2.12. The number of Topliss-reactive ketones (excluding diaryl/α,β-unsaturated/α-hetero) is 2. The van der Waals surface area contributed by atoms with Crippen molar-refractivity contribution in [3.8, 4) is 0 Å². The van der Waals surface area contributed by atoms with Gasteiger partial charge in [-0.05, 0) is 19.1 Å². The molecule has 1 atom stereocenters. The zero-order valence-electron chi connectivity index (χ0n) is 12.7. The van der Waals surface area contributed by atoms with Gasteiger partial charge >= 0.3 is 0 Å². The maximum absolute atomic E-state index is 12.7. The van der Waals surface area contributed by atoms with E-state index < -0.39 is 27.6 Å². The van der Waals surface area contributed by atoms with E-state index in [2.05, 4.69) is 0 Å². The molecule has 2 aromatic rings. The van der Waals surface area contributed by atoms with Gasteiger partial charge in [-0.3, -0.25) is 9.59 Å². The minimum atomic E-state index is -3.87. The highest BCUT2D eigenvalue weighted by atomic mass is 32.2. The van der Waals surface area contributed by atoms with Crippen LogP contribution in [0.1, 0.15) is 26.3 Å². The minimum absolute atomic E-state index is 0.0551. The molecule has 1 aliphatic heterocycles. The van der Waals surface area contributed by atoms with Crippen LogP contribution in [0.5, 0.6) is 0 Å². The quantitative estimate of drug-likeness (QED) is 0.624. The molecule has 0 saturated heterocycles. The van der Waals surface area contributed by atoms with Crippen LogP contribution in [-0.2, 0) is 10.0 Å². The molecule has 3 rings (SSSR count). The van der Waals surface area contributed by atoms with Crippen LogP contribution in [0, 0.1) is 6.92 Å². The fourth-order valence-electron chi connectivity index (χ4n) is 2.66. The molecule has 0 fully saturated rings. The zero-order valence-corrected chi connectivity index (χ0v) is 13.5. The average Bonchev–Trinajstić information content (AvgIpc) is 2.54. The van der Waals surface area contributed by atoms with E-state index in [9.17, 15) is 18.0 Å². The minimum Gasteiger partial charge on any atom is -0.292 e. The van der Waals surface area contributed by atoms with Gasteiger partial charge in [0, 0.05) is 18.2 Å². The van der Waals surface area contributed by atoms with Gasteiger partial charge in [0.05, 0.1) is 4.90 Å². The SMILES string of the molecule is Cc1ccc(C(=O)C2C(=O)c3ccccc3S(=O)(=O)N2C)cc1. The first-order valence-corrected chi connectivity index (χ1v) is 8.50. The van der Waals surface area contributed by atoms with Gasteiger partial charge in [0.1, 0.15) is 0 Å². The molecule has 0 radical (unpaired) electrons. The molecule has 118 valence electrons. The predicted octanol–water partition coefficient (Wildman–Crippen LogP) is 2.06. The largest absolute Gasteiger partial charge is 0.292 e. The fraction of sp³-hybridized carbons (Fsp3) is 0.176. The molecule has 0 aliphatic carbocycles. The van der Waals surface area contributed by atoms with Crippen molar-refractivity contribution in [1.82, 2.24) is 4.31 Å². The highest BCUT2D eigenvalue weighted by Gasteiger charge is 2.45.